The number of carbonyl (C=O) groups excluding carboxylic acids is 1. The van der Waals surface area contributed by atoms with Crippen molar-refractivity contribution in [3.8, 4) is 11.5 Å². The van der Waals surface area contributed by atoms with E-state index in [9.17, 15) is 14.7 Å². The van der Waals surface area contributed by atoms with Gasteiger partial charge in [0.15, 0.2) is 11.5 Å². The first-order valence-corrected chi connectivity index (χ1v) is 9.78. The number of nitrogens with zero attached hydrogens (tertiary/aromatic N) is 1. The Morgan fingerprint density at radius 2 is 1.83 bits per heavy atom. The van der Waals surface area contributed by atoms with Gasteiger partial charge in [-0.3, -0.25) is 9.59 Å². The van der Waals surface area contributed by atoms with Crippen LogP contribution in [0.3, 0.4) is 0 Å². The minimum Gasteiger partial charge on any atom is -0.493 e. The Balaban J connectivity index is 1.80. The van der Waals surface area contributed by atoms with E-state index < -0.39 is 11.9 Å². The van der Waals surface area contributed by atoms with Gasteiger partial charge in [-0.25, -0.2) is 0 Å². The van der Waals surface area contributed by atoms with Crippen LogP contribution in [-0.2, 0) is 4.79 Å². The Morgan fingerprint density at radius 3 is 2.45 bits per heavy atom. The van der Waals surface area contributed by atoms with E-state index in [2.05, 4.69) is 13.8 Å². The van der Waals surface area contributed by atoms with E-state index in [-0.39, 0.29) is 18.4 Å². The summed E-state index contributed by atoms with van der Waals surface area (Å²) in [6.07, 6.45) is 0. The van der Waals surface area contributed by atoms with Gasteiger partial charge in [-0.1, -0.05) is 44.2 Å². The quantitative estimate of drug-likeness (QED) is 0.771. The van der Waals surface area contributed by atoms with Crippen molar-refractivity contribution in [2.75, 3.05) is 26.8 Å². The van der Waals surface area contributed by atoms with Gasteiger partial charge >= 0.3 is 5.97 Å². The molecule has 154 valence electrons. The lowest BCUT2D eigenvalue weighted by atomic mass is 9.89. The highest BCUT2D eigenvalue weighted by Crippen LogP contribution is 2.35. The molecule has 0 saturated carbocycles. The lowest BCUT2D eigenvalue weighted by molar-refractivity contribution is -0.141. The third-order valence-corrected chi connectivity index (χ3v) is 5.13. The van der Waals surface area contributed by atoms with Crippen LogP contribution < -0.4 is 9.47 Å². The molecular formula is C23H27NO5. The Hall–Kier alpha value is -3.02. The maximum atomic E-state index is 13.1. The molecule has 1 amide bonds. The average Bonchev–Trinajstić information content (AvgIpc) is 3.18. The number of likely N-dealkylation sites (tertiary alicyclic amines) is 1. The largest absolute Gasteiger partial charge is 0.493 e. The molecule has 0 spiro atoms. The Morgan fingerprint density at radius 1 is 1.10 bits per heavy atom. The van der Waals surface area contributed by atoms with E-state index in [1.54, 1.807) is 23.1 Å². The fraction of sp³-hybridized carbons (Fsp3) is 0.391. The third-order valence-electron chi connectivity index (χ3n) is 5.13. The van der Waals surface area contributed by atoms with Crippen molar-refractivity contribution < 1.29 is 24.2 Å². The molecule has 6 nitrogen and oxygen atoms in total. The molecule has 0 bridgehead atoms. The number of ether oxygens (including phenoxy) is 2. The van der Waals surface area contributed by atoms with E-state index in [1.807, 2.05) is 30.3 Å². The second-order valence-corrected chi connectivity index (χ2v) is 7.74. The van der Waals surface area contributed by atoms with Crippen LogP contribution in [0.4, 0.5) is 0 Å². The van der Waals surface area contributed by atoms with Gasteiger partial charge in [0, 0.05) is 24.6 Å². The van der Waals surface area contributed by atoms with E-state index in [1.165, 1.54) is 7.11 Å². The van der Waals surface area contributed by atoms with Crippen molar-refractivity contribution in [1.82, 2.24) is 4.90 Å². The van der Waals surface area contributed by atoms with E-state index >= 15 is 0 Å². The Bertz CT molecular complexity index is 865. The zero-order chi connectivity index (χ0) is 21.0. The molecule has 2 atom stereocenters. The van der Waals surface area contributed by atoms with Gasteiger partial charge in [0.2, 0.25) is 0 Å². The van der Waals surface area contributed by atoms with Crippen molar-refractivity contribution >= 4 is 11.9 Å². The van der Waals surface area contributed by atoms with Crippen LogP contribution >= 0.6 is 0 Å². The molecule has 1 saturated heterocycles. The predicted molar refractivity (Wildman–Crippen MR) is 110 cm³/mol. The van der Waals surface area contributed by atoms with Crippen LogP contribution in [0.1, 0.15) is 35.7 Å². The van der Waals surface area contributed by atoms with Crippen LogP contribution in [0.25, 0.3) is 0 Å². The second kappa shape index (κ2) is 8.99. The lowest BCUT2D eigenvalue weighted by Crippen LogP contribution is -2.29. The predicted octanol–water partition coefficient (Wildman–Crippen LogP) is 3.67. The molecule has 6 heteroatoms. The van der Waals surface area contributed by atoms with Crippen LogP contribution in [-0.4, -0.2) is 48.7 Å². The molecule has 1 fully saturated rings. The van der Waals surface area contributed by atoms with Crippen LogP contribution in [0.5, 0.6) is 11.5 Å². The van der Waals surface area contributed by atoms with Crippen molar-refractivity contribution in [1.29, 1.82) is 0 Å². The fourth-order valence-corrected chi connectivity index (χ4v) is 3.62. The number of hydrogen-bond acceptors (Lipinski definition) is 4. The summed E-state index contributed by atoms with van der Waals surface area (Å²) in [5, 5.41) is 9.66. The molecule has 0 radical (unpaired) electrons. The monoisotopic (exact) mass is 397 g/mol. The number of hydrogen-bond donors (Lipinski definition) is 1. The second-order valence-electron chi connectivity index (χ2n) is 7.74. The standard InChI is InChI=1S/C23H27NO5/c1-15(2)14-29-20-10-9-17(11-21(20)28-3)22(25)24-12-18(19(13-24)23(26)27)16-7-5-4-6-8-16/h4-11,15,18-19H,12-14H2,1-3H3,(H,26,27). The molecule has 1 aliphatic heterocycles. The SMILES string of the molecule is COc1cc(C(=O)N2CC(C(=O)O)C(c3ccccc3)C2)ccc1OCC(C)C. The molecule has 1 N–H and O–H groups in total. The molecule has 0 aromatic heterocycles. The number of carbonyl (C=O) groups is 2. The van der Waals surface area contributed by atoms with Crippen LogP contribution in [0.15, 0.2) is 48.5 Å². The first kappa shape index (κ1) is 20.7. The maximum Gasteiger partial charge on any atom is 0.308 e. The summed E-state index contributed by atoms with van der Waals surface area (Å²) in [5.74, 6) is -0.499. The number of rotatable bonds is 7. The lowest BCUT2D eigenvalue weighted by Gasteiger charge is -2.18. The summed E-state index contributed by atoms with van der Waals surface area (Å²) in [6.45, 7) is 5.21. The third kappa shape index (κ3) is 4.70. The van der Waals surface area contributed by atoms with Gasteiger partial charge in [0.05, 0.1) is 19.6 Å². The van der Waals surface area contributed by atoms with Crippen LogP contribution in [0.2, 0.25) is 0 Å². The number of amides is 1. The van der Waals surface area contributed by atoms with Crippen molar-refractivity contribution in [2.24, 2.45) is 11.8 Å². The smallest absolute Gasteiger partial charge is 0.308 e. The van der Waals surface area contributed by atoms with Gasteiger partial charge in [-0.2, -0.15) is 0 Å². The van der Waals surface area contributed by atoms with Gasteiger partial charge in [0.1, 0.15) is 0 Å². The molecule has 0 aliphatic carbocycles. The number of carboxylic acid groups (broad SMARTS) is 1. The average molecular weight is 397 g/mol. The minimum absolute atomic E-state index is 0.182. The number of aliphatic carboxylic acids is 1. The number of methoxy groups -OCH3 is 1. The Kier molecular flexibility index (Phi) is 6.42. The van der Waals surface area contributed by atoms with Crippen molar-refractivity contribution in [2.45, 2.75) is 19.8 Å². The minimum atomic E-state index is -0.885. The molecule has 1 heterocycles. The zero-order valence-corrected chi connectivity index (χ0v) is 17.0. The van der Waals surface area contributed by atoms with Gasteiger partial charge in [-0.05, 0) is 29.7 Å². The summed E-state index contributed by atoms with van der Waals surface area (Å²) >= 11 is 0. The molecule has 1 aliphatic rings. The van der Waals surface area contributed by atoms with E-state index in [4.69, 9.17) is 9.47 Å². The molecule has 29 heavy (non-hydrogen) atoms. The van der Waals surface area contributed by atoms with Gasteiger partial charge in [0.25, 0.3) is 5.91 Å². The molecule has 2 unspecified atom stereocenters. The summed E-state index contributed by atoms with van der Waals surface area (Å²) in [7, 11) is 1.54. The highest BCUT2D eigenvalue weighted by Gasteiger charge is 2.40. The first-order chi connectivity index (χ1) is 13.9. The highest BCUT2D eigenvalue weighted by molar-refractivity contribution is 5.95. The van der Waals surface area contributed by atoms with Gasteiger partial charge < -0.3 is 19.5 Å². The number of benzene rings is 2. The van der Waals surface area contributed by atoms with Crippen LogP contribution in [0, 0.1) is 11.8 Å². The highest BCUT2D eigenvalue weighted by atomic mass is 16.5. The van der Waals surface area contributed by atoms with Crippen molar-refractivity contribution in [3.63, 3.8) is 0 Å². The maximum absolute atomic E-state index is 13.1. The summed E-state index contributed by atoms with van der Waals surface area (Å²) < 4.78 is 11.1. The summed E-state index contributed by atoms with van der Waals surface area (Å²) in [6, 6.07) is 14.6. The molecule has 3 rings (SSSR count). The zero-order valence-electron chi connectivity index (χ0n) is 17.0. The molecule has 2 aromatic carbocycles. The Labute approximate surface area is 171 Å². The molecule has 2 aromatic rings. The van der Waals surface area contributed by atoms with E-state index in [0.717, 1.165) is 5.56 Å². The molecular weight excluding hydrogens is 370 g/mol. The summed E-state index contributed by atoms with van der Waals surface area (Å²) in [5.41, 5.74) is 1.39. The van der Waals surface area contributed by atoms with Crippen molar-refractivity contribution in [3.05, 3.63) is 59.7 Å². The topological polar surface area (TPSA) is 76.1 Å². The summed E-state index contributed by atoms with van der Waals surface area (Å²) in [4.78, 5) is 26.5. The van der Waals surface area contributed by atoms with E-state index in [0.29, 0.717) is 36.1 Å². The van der Waals surface area contributed by atoms with Gasteiger partial charge in [-0.15, -0.1) is 0 Å². The first-order valence-electron chi connectivity index (χ1n) is 9.78. The fourth-order valence-electron chi connectivity index (χ4n) is 3.62. The number of carboxylic acids is 1. The normalized spacial score (nSPS) is 18.7.